The average Bonchev–Trinajstić information content (AvgIpc) is 2.92. The third-order valence-corrected chi connectivity index (χ3v) is 6.21. The Kier molecular flexibility index (Phi) is 7.00. The first-order valence-corrected chi connectivity index (χ1v) is 12.1. The molecule has 4 aromatic carbocycles. The van der Waals surface area contributed by atoms with Crippen molar-refractivity contribution in [3.05, 3.63) is 120 Å². The van der Waals surface area contributed by atoms with Gasteiger partial charge in [-0.1, -0.05) is 54.6 Å². The summed E-state index contributed by atoms with van der Waals surface area (Å²) >= 11 is 5.26. The van der Waals surface area contributed by atoms with E-state index in [1.165, 1.54) is 17.0 Å². The molecule has 0 unspecified atom stereocenters. The summed E-state index contributed by atoms with van der Waals surface area (Å²) in [6.07, 6.45) is -3.04. The lowest BCUT2D eigenvalue weighted by Crippen LogP contribution is -2.54. The van der Waals surface area contributed by atoms with E-state index < -0.39 is 23.6 Å². The standard InChI is InChI=1S/C30H19F3N2O3S/c31-30(32,33)22-6-4-5-21(18-22)20-11-9-19(10-12-20)17-26-27(36)34-29(39)35(28(26)37)23-13-15-25(16-14-23)38-24-7-2-1-3-8-24/h1-18H,(H,34,36,39)/b26-17+. The SMILES string of the molecule is O=C1NC(=S)N(c2ccc(Oc3ccccc3)cc2)C(=O)/C1=C/c1ccc(-c2cccc(C(F)(F)F)c2)cc1. The monoisotopic (exact) mass is 544 g/mol. The Morgan fingerprint density at radius 2 is 1.44 bits per heavy atom. The number of benzene rings is 4. The number of para-hydroxylation sites is 1. The van der Waals surface area contributed by atoms with Gasteiger partial charge in [-0.3, -0.25) is 19.8 Å². The molecule has 0 aromatic heterocycles. The summed E-state index contributed by atoms with van der Waals surface area (Å²) in [6.45, 7) is 0. The molecule has 1 aliphatic rings. The van der Waals surface area contributed by atoms with Crippen molar-refractivity contribution in [2.24, 2.45) is 0 Å². The number of nitrogens with zero attached hydrogens (tertiary/aromatic N) is 1. The van der Waals surface area contributed by atoms with Gasteiger partial charge in [0.05, 0.1) is 11.3 Å². The zero-order chi connectivity index (χ0) is 27.6. The van der Waals surface area contributed by atoms with Gasteiger partial charge in [-0.15, -0.1) is 0 Å². The van der Waals surface area contributed by atoms with Crippen molar-refractivity contribution in [2.75, 3.05) is 4.90 Å². The van der Waals surface area contributed by atoms with Gasteiger partial charge in [0.15, 0.2) is 5.11 Å². The molecule has 1 heterocycles. The normalized spacial score (nSPS) is 14.9. The second kappa shape index (κ2) is 10.5. The summed E-state index contributed by atoms with van der Waals surface area (Å²) in [6, 6.07) is 27.4. The molecule has 0 spiro atoms. The van der Waals surface area contributed by atoms with Crippen LogP contribution in [-0.2, 0) is 15.8 Å². The second-order valence-corrected chi connectivity index (χ2v) is 8.95. The number of halogens is 3. The van der Waals surface area contributed by atoms with E-state index in [1.807, 2.05) is 30.3 Å². The van der Waals surface area contributed by atoms with Gasteiger partial charge < -0.3 is 4.74 Å². The van der Waals surface area contributed by atoms with Crippen LogP contribution in [-0.4, -0.2) is 16.9 Å². The van der Waals surface area contributed by atoms with Crippen molar-refractivity contribution >= 4 is 40.9 Å². The van der Waals surface area contributed by atoms with Gasteiger partial charge in [0, 0.05) is 0 Å². The number of alkyl halides is 3. The highest BCUT2D eigenvalue weighted by molar-refractivity contribution is 7.80. The molecule has 4 aromatic rings. The van der Waals surface area contributed by atoms with Crippen LogP contribution in [0, 0.1) is 0 Å². The van der Waals surface area contributed by atoms with E-state index in [0.717, 1.165) is 12.1 Å². The lowest BCUT2D eigenvalue weighted by molar-refractivity contribution is -0.137. The van der Waals surface area contributed by atoms with Crippen molar-refractivity contribution < 1.29 is 27.5 Å². The van der Waals surface area contributed by atoms with Crippen molar-refractivity contribution in [2.45, 2.75) is 6.18 Å². The van der Waals surface area contributed by atoms with Gasteiger partial charge in [0.2, 0.25) is 0 Å². The van der Waals surface area contributed by atoms with Crippen LogP contribution >= 0.6 is 12.2 Å². The minimum absolute atomic E-state index is 0.0567. The number of hydrogen-bond donors (Lipinski definition) is 1. The Morgan fingerprint density at radius 1 is 0.769 bits per heavy atom. The highest BCUT2D eigenvalue weighted by atomic mass is 32.1. The number of carbonyl (C=O) groups is 2. The summed E-state index contributed by atoms with van der Waals surface area (Å²) in [7, 11) is 0. The molecule has 0 bridgehead atoms. The number of nitrogens with one attached hydrogen (secondary N) is 1. The van der Waals surface area contributed by atoms with E-state index in [1.54, 1.807) is 54.6 Å². The molecule has 0 saturated carbocycles. The Balaban J connectivity index is 1.37. The maximum absolute atomic E-state index is 13.3. The highest BCUT2D eigenvalue weighted by Gasteiger charge is 2.34. The fraction of sp³-hybridized carbons (Fsp3) is 0.0333. The van der Waals surface area contributed by atoms with E-state index in [0.29, 0.717) is 33.9 Å². The molecule has 0 aliphatic carbocycles. The predicted molar refractivity (Wildman–Crippen MR) is 146 cm³/mol. The first kappa shape index (κ1) is 25.9. The smallest absolute Gasteiger partial charge is 0.416 e. The molecule has 5 rings (SSSR count). The number of thiocarbonyl (C=S) groups is 1. The molecule has 0 atom stereocenters. The summed E-state index contributed by atoms with van der Waals surface area (Å²) < 4.78 is 45.0. The lowest BCUT2D eigenvalue weighted by atomic mass is 10.0. The molecule has 39 heavy (non-hydrogen) atoms. The van der Waals surface area contributed by atoms with Gasteiger partial charge in [0.1, 0.15) is 17.1 Å². The highest BCUT2D eigenvalue weighted by Crippen LogP contribution is 2.32. The van der Waals surface area contributed by atoms with Crippen molar-refractivity contribution in [1.29, 1.82) is 0 Å². The summed E-state index contributed by atoms with van der Waals surface area (Å²) in [5.74, 6) is -0.0398. The number of ether oxygens (including phenoxy) is 1. The first-order valence-electron chi connectivity index (χ1n) is 11.7. The molecule has 5 nitrogen and oxygen atoms in total. The minimum atomic E-state index is -4.45. The fourth-order valence-corrected chi connectivity index (χ4v) is 4.27. The number of hydrogen-bond acceptors (Lipinski definition) is 4. The van der Waals surface area contributed by atoms with E-state index in [4.69, 9.17) is 17.0 Å². The number of rotatable bonds is 5. The molecule has 1 fully saturated rings. The lowest BCUT2D eigenvalue weighted by Gasteiger charge is -2.29. The average molecular weight is 545 g/mol. The largest absolute Gasteiger partial charge is 0.457 e. The number of amides is 2. The van der Waals surface area contributed by atoms with Crippen molar-refractivity contribution in [1.82, 2.24) is 5.32 Å². The van der Waals surface area contributed by atoms with Crippen LogP contribution in [0.3, 0.4) is 0 Å². The molecular weight excluding hydrogens is 525 g/mol. The van der Waals surface area contributed by atoms with E-state index >= 15 is 0 Å². The van der Waals surface area contributed by atoms with Crippen molar-refractivity contribution in [3.63, 3.8) is 0 Å². The van der Waals surface area contributed by atoms with E-state index in [2.05, 4.69) is 5.32 Å². The van der Waals surface area contributed by atoms with Crippen LogP contribution in [0.2, 0.25) is 0 Å². The molecule has 0 radical (unpaired) electrons. The maximum atomic E-state index is 13.3. The van der Waals surface area contributed by atoms with Crippen LogP contribution in [0.1, 0.15) is 11.1 Å². The van der Waals surface area contributed by atoms with Crippen LogP contribution < -0.4 is 15.0 Å². The van der Waals surface area contributed by atoms with Crippen molar-refractivity contribution in [3.8, 4) is 22.6 Å². The number of carbonyl (C=O) groups excluding carboxylic acids is 2. The van der Waals surface area contributed by atoms with Crippen LogP contribution in [0.4, 0.5) is 18.9 Å². The molecule has 2 amide bonds. The number of anilines is 1. The predicted octanol–water partition coefficient (Wildman–Crippen LogP) is 7.00. The molecule has 1 aliphatic heterocycles. The van der Waals surface area contributed by atoms with Gasteiger partial charge in [0.25, 0.3) is 11.8 Å². The Bertz CT molecular complexity index is 1580. The molecule has 1 saturated heterocycles. The second-order valence-electron chi connectivity index (χ2n) is 8.57. The quantitative estimate of drug-likeness (QED) is 0.167. The third-order valence-electron chi connectivity index (χ3n) is 5.92. The minimum Gasteiger partial charge on any atom is -0.457 e. The van der Waals surface area contributed by atoms with Gasteiger partial charge >= 0.3 is 6.18 Å². The van der Waals surface area contributed by atoms with E-state index in [9.17, 15) is 22.8 Å². The molecular formula is C30H19F3N2O3S. The van der Waals surface area contributed by atoms with Gasteiger partial charge in [-0.2, -0.15) is 13.2 Å². The Hall–Kier alpha value is -4.76. The maximum Gasteiger partial charge on any atom is 0.416 e. The summed E-state index contributed by atoms with van der Waals surface area (Å²) in [5, 5.41) is 2.48. The van der Waals surface area contributed by atoms with Crippen LogP contribution in [0.25, 0.3) is 17.2 Å². The van der Waals surface area contributed by atoms with Crippen LogP contribution in [0.15, 0.2) is 109 Å². The summed E-state index contributed by atoms with van der Waals surface area (Å²) in [4.78, 5) is 27.2. The molecule has 9 heteroatoms. The zero-order valence-corrected chi connectivity index (χ0v) is 20.9. The molecule has 194 valence electrons. The summed E-state index contributed by atoms with van der Waals surface area (Å²) in [5.41, 5.74) is 1.03. The Morgan fingerprint density at radius 3 is 2.10 bits per heavy atom. The van der Waals surface area contributed by atoms with Crippen LogP contribution in [0.5, 0.6) is 11.5 Å². The zero-order valence-electron chi connectivity index (χ0n) is 20.1. The van der Waals surface area contributed by atoms with Gasteiger partial charge in [-0.05, 0) is 83.5 Å². The van der Waals surface area contributed by atoms with Gasteiger partial charge in [-0.25, -0.2) is 0 Å². The first-order chi connectivity index (χ1) is 18.7. The van der Waals surface area contributed by atoms with E-state index in [-0.39, 0.29) is 10.7 Å². The third kappa shape index (κ3) is 5.73. The Labute approximate surface area is 227 Å². The fourth-order valence-electron chi connectivity index (χ4n) is 3.99. The molecule has 1 N–H and O–H groups in total. The topological polar surface area (TPSA) is 58.6 Å².